The molecule has 1 aliphatic carbocycles. The summed E-state index contributed by atoms with van der Waals surface area (Å²) in [7, 11) is 0. The van der Waals surface area contributed by atoms with E-state index >= 15 is 0 Å². The summed E-state index contributed by atoms with van der Waals surface area (Å²) in [4.78, 5) is 45.6. The van der Waals surface area contributed by atoms with Crippen molar-refractivity contribution in [1.82, 2.24) is 0 Å². The van der Waals surface area contributed by atoms with E-state index in [1.807, 2.05) is 56.9 Å². The molecule has 0 amide bonds. The van der Waals surface area contributed by atoms with Crippen LogP contribution in [0.5, 0.6) is 5.75 Å². The maximum atomic E-state index is 14.6. The number of hydrogen-bond donors (Lipinski definition) is 0. The van der Waals surface area contributed by atoms with Gasteiger partial charge in [0.2, 0.25) is 0 Å². The summed E-state index contributed by atoms with van der Waals surface area (Å²) in [5.74, 6) is -1.41. The molecular weight excluding hydrogens is 493 g/mol. The van der Waals surface area contributed by atoms with Gasteiger partial charge in [0.1, 0.15) is 17.0 Å². The van der Waals surface area contributed by atoms with Gasteiger partial charge in [-0.15, -0.1) is 0 Å². The molecule has 3 aliphatic rings. The molecule has 3 atom stereocenters. The maximum absolute atomic E-state index is 14.6. The lowest BCUT2D eigenvalue weighted by atomic mass is 9.63. The summed E-state index contributed by atoms with van der Waals surface area (Å²) in [5, 5.41) is 0. The Morgan fingerprint density at radius 1 is 0.974 bits per heavy atom. The fourth-order valence-electron chi connectivity index (χ4n) is 6.76. The van der Waals surface area contributed by atoms with Gasteiger partial charge in [0, 0.05) is 39.3 Å². The molecular formula is C33H30FNO4. The molecule has 5 nitrogen and oxygen atoms in total. The van der Waals surface area contributed by atoms with Crippen molar-refractivity contribution >= 4 is 29.1 Å². The predicted octanol–water partition coefficient (Wildman–Crippen LogP) is 6.27. The van der Waals surface area contributed by atoms with E-state index in [4.69, 9.17) is 4.74 Å². The van der Waals surface area contributed by atoms with E-state index in [0.717, 1.165) is 0 Å². The predicted molar refractivity (Wildman–Crippen MR) is 148 cm³/mol. The average Bonchev–Trinajstić information content (AvgIpc) is 3.34. The van der Waals surface area contributed by atoms with Gasteiger partial charge in [-0.25, -0.2) is 4.39 Å². The molecule has 0 bridgehead atoms. The second-order valence-electron chi connectivity index (χ2n) is 11.5. The van der Waals surface area contributed by atoms with Gasteiger partial charge in [-0.3, -0.25) is 14.4 Å². The smallest absolute Gasteiger partial charge is 0.180 e. The van der Waals surface area contributed by atoms with Crippen molar-refractivity contribution in [3.8, 4) is 5.75 Å². The first-order valence-corrected chi connectivity index (χ1v) is 13.3. The topological polar surface area (TPSA) is 63.7 Å². The molecule has 6 rings (SSSR count). The Bertz CT molecular complexity index is 1530. The Morgan fingerprint density at radius 3 is 2.26 bits per heavy atom. The van der Waals surface area contributed by atoms with Gasteiger partial charge in [0.05, 0.1) is 18.7 Å². The Morgan fingerprint density at radius 2 is 1.62 bits per heavy atom. The SMILES string of the molecule is CCOc1ccccc1[C@H]1[C@H](C(=O)C(C)(C)C)N2c3ccc(F)cc3C=CC2C12C(=O)c1ccccc1C2=O. The Labute approximate surface area is 227 Å². The number of rotatable bonds is 4. The fourth-order valence-corrected chi connectivity index (χ4v) is 6.76. The summed E-state index contributed by atoms with van der Waals surface area (Å²) in [5.41, 5.74) is 0.194. The zero-order valence-corrected chi connectivity index (χ0v) is 22.4. The lowest BCUT2D eigenvalue weighted by molar-refractivity contribution is -0.127. The van der Waals surface area contributed by atoms with Crippen LogP contribution in [-0.4, -0.2) is 36.0 Å². The molecule has 0 radical (unpaired) electrons. The highest BCUT2D eigenvalue weighted by atomic mass is 19.1. The Balaban J connectivity index is 1.72. The molecule has 1 fully saturated rings. The van der Waals surface area contributed by atoms with Gasteiger partial charge in [0.25, 0.3) is 0 Å². The maximum Gasteiger partial charge on any atom is 0.180 e. The van der Waals surface area contributed by atoms with Gasteiger partial charge < -0.3 is 9.64 Å². The Kier molecular flexibility index (Phi) is 5.65. The quantitative estimate of drug-likeness (QED) is 0.377. The van der Waals surface area contributed by atoms with E-state index in [1.54, 1.807) is 42.5 Å². The van der Waals surface area contributed by atoms with Crippen molar-refractivity contribution < 1.29 is 23.5 Å². The van der Waals surface area contributed by atoms with Crippen molar-refractivity contribution in [3.63, 3.8) is 0 Å². The molecule has 0 saturated carbocycles. The van der Waals surface area contributed by atoms with E-state index in [1.165, 1.54) is 12.1 Å². The first kappa shape index (κ1) is 25.2. The second-order valence-corrected chi connectivity index (χ2v) is 11.5. The van der Waals surface area contributed by atoms with Crippen molar-refractivity contribution in [2.75, 3.05) is 11.5 Å². The number of nitrogens with zero attached hydrogens (tertiary/aromatic N) is 1. The van der Waals surface area contributed by atoms with Crippen LogP contribution in [0.4, 0.5) is 10.1 Å². The van der Waals surface area contributed by atoms with Crippen molar-refractivity contribution in [2.45, 2.75) is 45.7 Å². The van der Waals surface area contributed by atoms with Gasteiger partial charge in [-0.2, -0.15) is 0 Å². The lowest BCUT2D eigenvalue weighted by Gasteiger charge is -2.38. The summed E-state index contributed by atoms with van der Waals surface area (Å²) >= 11 is 0. The molecule has 1 saturated heterocycles. The van der Waals surface area contributed by atoms with Crippen LogP contribution < -0.4 is 9.64 Å². The molecule has 2 aliphatic heterocycles. The van der Waals surface area contributed by atoms with Gasteiger partial charge in [0.15, 0.2) is 17.3 Å². The number of hydrogen-bond acceptors (Lipinski definition) is 5. The minimum absolute atomic E-state index is 0.109. The lowest BCUT2D eigenvalue weighted by Crippen LogP contribution is -2.49. The molecule has 2 heterocycles. The van der Waals surface area contributed by atoms with E-state index < -0.39 is 34.6 Å². The van der Waals surface area contributed by atoms with Gasteiger partial charge in [-0.1, -0.05) is 75.4 Å². The highest BCUT2D eigenvalue weighted by Gasteiger charge is 2.72. The first-order chi connectivity index (χ1) is 18.6. The molecule has 6 heteroatoms. The van der Waals surface area contributed by atoms with Crippen LogP contribution in [-0.2, 0) is 4.79 Å². The monoisotopic (exact) mass is 523 g/mol. The molecule has 3 aromatic carbocycles. The summed E-state index contributed by atoms with van der Waals surface area (Å²) in [6.45, 7) is 7.79. The van der Waals surface area contributed by atoms with Crippen LogP contribution >= 0.6 is 0 Å². The number of ether oxygens (including phenoxy) is 1. The first-order valence-electron chi connectivity index (χ1n) is 13.3. The number of para-hydroxylation sites is 1. The van der Waals surface area contributed by atoms with Crippen molar-refractivity contribution in [3.05, 3.63) is 101 Å². The van der Waals surface area contributed by atoms with Crippen LogP contribution in [0.15, 0.2) is 72.8 Å². The summed E-state index contributed by atoms with van der Waals surface area (Å²) < 4.78 is 20.3. The number of carbonyl (C=O) groups excluding carboxylic acids is 3. The second kappa shape index (κ2) is 8.73. The largest absolute Gasteiger partial charge is 0.494 e. The number of anilines is 1. The molecule has 0 N–H and O–H groups in total. The molecule has 198 valence electrons. The summed E-state index contributed by atoms with van der Waals surface area (Å²) in [6.07, 6.45) is 3.57. The fraction of sp³-hybridized carbons (Fsp3) is 0.303. The highest BCUT2D eigenvalue weighted by Crippen LogP contribution is 2.62. The zero-order valence-electron chi connectivity index (χ0n) is 22.4. The van der Waals surface area contributed by atoms with Crippen molar-refractivity contribution in [2.24, 2.45) is 10.8 Å². The number of benzene rings is 3. The van der Waals surface area contributed by atoms with E-state index in [2.05, 4.69) is 0 Å². The van der Waals surface area contributed by atoms with Crippen LogP contribution in [0.1, 0.15) is 65.5 Å². The highest BCUT2D eigenvalue weighted by molar-refractivity contribution is 6.32. The van der Waals surface area contributed by atoms with Gasteiger partial charge >= 0.3 is 0 Å². The minimum atomic E-state index is -1.61. The van der Waals surface area contributed by atoms with E-state index in [-0.39, 0.29) is 17.3 Å². The zero-order chi connectivity index (χ0) is 27.7. The normalized spacial score (nSPS) is 22.6. The molecule has 3 aromatic rings. The van der Waals surface area contributed by atoms with Crippen LogP contribution in [0.3, 0.4) is 0 Å². The standard InChI is InChI=1S/C33H30FNO4/c1-5-39-25-13-9-8-12-23(25)27-28(31(38)32(2,3)4)35-24-16-15-20(34)18-19(24)14-17-26(35)33(27)29(36)21-10-6-7-11-22(21)30(33)37/h6-18,26-28H,5H2,1-4H3/t26?,27-,28+/m0/s1. The number of halogens is 1. The third-order valence-corrected chi connectivity index (χ3v) is 8.33. The third kappa shape index (κ3) is 3.40. The average molecular weight is 524 g/mol. The molecule has 39 heavy (non-hydrogen) atoms. The number of ketones is 3. The molecule has 1 spiro atoms. The number of carbonyl (C=O) groups is 3. The van der Waals surface area contributed by atoms with E-state index in [0.29, 0.717) is 40.3 Å². The van der Waals surface area contributed by atoms with Gasteiger partial charge in [-0.05, 0) is 31.2 Å². The molecule has 1 unspecified atom stereocenters. The third-order valence-electron chi connectivity index (χ3n) is 8.33. The number of fused-ring (bicyclic) bond motifs is 5. The van der Waals surface area contributed by atoms with Crippen LogP contribution in [0, 0.1) is 16.6 Å². The van der Waals surface area contributed by atoms with Crippen LogP contribution in [0.25, 0.3) is 6.08 Å². The minimum Gasteiger partial charge on any atom is -0.494 e. The van der Waals surface area contributed by atoms with E-state index in [9.17, 15) is 18.8 Å². The Hall–Kier alpha value is -4.06. The number of Topliss-reactive ketones (excluding diaryl/α,β-unsaturated/α-hetero) is 3. The van der Waals surface area contributed by atoms with Crippen LogP contribution in [0.2, 0.25) is 0 Å². The summed E-state index contributed by atoms with van der Waals surface area (Å²) in [6, 6.07) is 17.0. The molecule has 0 aromatic heterocycles. The van der Waals surface area contributed by atoms with Crippen molar-refractivity contribution in [1.29, 1.82) is 0 Å².